The molecule has 1 aliphatic rings. The van der Waals surface area contributed by atoms with Crippen LogP contribution in [0.15, 0.2) is 36.5 Å². The van der Waals surface area contributed by atoms with Gasteiger partial charge in [0, 0.05) is 23.9 Å². The Morgan fingerprint density at radius 2 is 1.71 bits per heavy atom. The second-order valence-corrected chi connectivity index (χ2v) is 7.32. The summed E-state index contributed by atoms with van der Waals surface area (Å²) in [6, 6.07) is 8.04. The third kappa shape index (κ3) is 5.24. The van der Waals surface area contributed by atoms with Gasteiger partial charge in [0.15, 0.2) is 0 Å². The highest BCUT2D eigenvalue weighted by Crippen LogP contribution is 2.30. The number of pyridine rings is 1. The van der Waals surface area contributed by atoms with Gasteiger partial charge in [-0.3, -0.25) is 4.79 Å². The molecule has 1 aliphatic carbocycles. The van der Waals surface area contributed by atoms with Gasteiger partial charge in [-0.15, -0.1) is 0 Å². The first-order valence-corrected chi connectivity index (χ1v) is 9.30. The summed E-state index contributed by atoms with van der Waals surface area (Å²) in [7, 11) is 0. The van der Waals surface area contributed by atoms with Crippen LogP contribution in [0, 0.1) is 13.8 Å². The molecule has 1 heterocycles. The molecule has 1 saturated carbocycles. The summed E-state index contributed by atoms with van der Waals surface area (Å²) in [5.41, 5.74) is 1.96. The van der Waals surface area contributed by atoms with E-state index in [-0.39, 0.29) is 23.9 Å². The SMILES string of the molecule is Cc1cc(C)cc(C(=O)NC2CCC(Oc3ccc(C(F)(F)F)cn3)CC2)c1. The summed E-state index contributed by atoms with van der Waals surface area (Å²) in [4.78, 5) is 16.2. The lowest BCUT2D eigenvalue weighted by Gasteiger charge is -2.29. The van der Waals surface area contributed by atoms with E-state index in [2.05, 4.69) is 10.3 Å². The molecule has 28 heavy (non-hydrogen) atoms. The molecule has 1 N–H and O–H groups in total. The van der Waals surface area contributed by atoms with Crippen LogP contribution in [0.25, 0.3) is 0 Å². The van der Waals surface area contributed by atoms with Gasteiger partial charge in [0.05, 0.1) is 5.56 Å². The van der Waals surface area contributed by atoms with E-state index in [0.29, 0.717) is 18.4 Å². The Labute approximate surface area is 162 Å². The fourth-order valence-electron chi connectivity index (χ4n) is 3.49. The molecule has 1 aromatic carbocycles. The molecule has 2 aromatic rings. The first kappa shape index (κ1) is 20.2. The number of hydrogen-bond acceptors (Lipinski definition) is 3. The van der Waals surface area contributed by atoms with Crippen molar-refractivity contribution in [3.05, 3.63) is 58.8 Å². The topological polar surface area (TPSA) is 51.2 Å². The van der Waals surface area contributed by atoms with E-state index < -0.39 is 11.7 Å². The first-order chi connectivity index (χ1) is 13.2. The maximum atomic E-state index is 12.6. The van der Waals surface area contributed by atoms with Crippen LogP contribution in [0.2, 0.25) is 0 Å². The molecule has 0 atom stereocenters. The molecule has 1 amide bonds. The number of nitrogens with zero attached hydrogens (tertiary/aromatic N) is 1. The minimum absolute atomic E-state index is 0.0636. The highest BCUT2D eigenvalue weighted by atomic mass is 19.4. The van der Waals surface area contributed by atoms with E-state index in [1.807, 2.05) is 32.0 Å². The van der Waals surface area contributed by atoms with Crippen molar-refractivity contribution < 1.29 is 22.7 Å². The van der Waals surface area contributed by atoms with Gasteiger partial charge in [-0.25, -0.2) is 4.98 Å². The number of carbonyl (C=O) groups excluding carboxylic acids is 1. The summed E-state index contributed by atoms with van der Waals surface area (Å²) in [5, 5.41) is 3.06. The van der Waals surface area contributed by atoms with Crippen LogP contribution >= 0.6 is 0 Å². The molecule has 4 nitrogen and oxygen atoms in total. The Kier molecular flexibility index (Phi) is 5.91. The van der Waals surface area contributed by atoms with Crippen molar-refractivity contribution in [3.8, 4) is 5.88 Å². The molecular weight excluding hydrogens is 369 g/mol. The monoisotopic (exact) mass is 392 g/mol. The lowest BCUT2D eigenvalue weighted by atomic mass is 9.92. The third-order valence-corrected chi connectivity index (χ3v) is 4.84. The van der Waals surface area contributed by atoms with Crippen molar-refractivity contribution in [2.24, 2.45) is 0 Å². The number of ether oxygens (including phenoxy) is 1. The van der Waals surface area contributed by atoms with Crippen LogP contribution in [-0.2, 0) is 6.18 Å². The Morgan fingerprint density at radius 1 is 1.07 bits per heavy atom. The maximum Gasteiger partial charge on any atom is 0.417 e. The van der Waals surface area contributed by atoms with Gasteiger partial charge in [0.2, 0.25) is 5.88 Å². The number of nitrogens with one attached hydrogen (secondary N) is 1. The van der Waals surface area contributed by atoms with Crippen LogP contribution < -0.4 is 10.1 Å². The average Bonchev–Trinajstić information content (AvgIpc) is 2.62. The van der Waals surface area contributed by atoms with Gasteiger partial charge in [0.1, 0.15) is 6.10 Å². The summed E-state index contributed by atoms with van der Waals surface area (Å²) in [5.74, 6) is 0.108. The van der Waals surface area contributed by atoms with E-state index in [0.717, 1.165) is 36.2 Å². The third-order valence-electron chi connectivity index (χ3n) is 4.84. The van der Waals surface area contributed by atoms with Gasteiger partial charge in [0.25, 0.3) is 5.91 Å². The number of alkyl halides is 3. The van der Waals surface area contributed by atoms with E-state index >= 15 is 0 Å². The number of aromatic nitrogens is 1. The van der Waals surface area contributed by atoms with E-state index in [1.54, 1.807) is 0 Å². The molecule has 150 valence electrons. The predicted molar refractivity (Wildman–Crippen MR) is 99.3 cm³/mol. The summed E-state index contributed by atoms with van der Waals surface area (Å²) < 4.78 is 43.4. The van der Waals surface area contributed by atoms with Crippen LogP contribution in [0.5, 0.6) is 5.88 Å². The smallest absolute Gasteiger partial charge is 0.417 e. The number of aryl methyl sites for hydroxylation is 2. The molecule has 0 spiro atoms. The lowest BCUT2D eigenvalue weighted by Crippen LogP contribution is -2.39. The number of carbonyl (C=O) groups is 1. The predicted octanol–water partition coefficient (Wildman–Crippen LogP) is 4.84. The zero-order valence-corrected chi connectivity index (χ0v) is 15.8. The van der Waals surface area contributed by atoms with Crippen molar-refractivity contribution in [3.63, 3.8) is 0 Å². The second-order valence-electron chi connectivity index (χ2n) is 7.32. The maximum absolute atomic E-state index is 12.6. The second kappa shape index (κ2) is 8.20. The quantitative estimate of drug-likeness (QED) is 0.810. The van der Waals surface area contributed by atoms with E-state index in [1.165, 1.54) is 6.07 Å². The van der Waals surface area contributed by atoms with Crippen molar-refractivity contribution in [1.82, 2.24) is 10.3 Å². The standard InChI is InChI=1S/C21H23F3N2O2/c1-13-9-14(2)11-15(10-13)20(27)26-17-4-6-18(7-5-17)28-19-8-3-16(12-25-19)21(22,23)24/h3,8-12,17-18H,4-7H2,1-2H3,(H,26,27). The average molecular weight is 392 g/mol. The molecule has 0 saturated heterocycles. The molecule has 0 bridgehead atoms. The fraction of sp³-hybridized carbons (Fsp3) is 0.429. The summed E-state index contributed by atoms with van der Waals surface area (Å²) in [6.45, 7) is 3.92. The van der Waals surface area contributed by atoms with Crippen molar-refractivity contribution in [1.29, 1.82) is 0 Å². The first-order valence-electron chi connectivity index (χ1n) is 9.30. The summed E-state index contributed by atoms with van der Waals surface area (Å²) in [6.07, 6.45) is -0.813. The minimum Gasteiger partial charge on any atom is -0.474 e. The van der Waals surface area contributed by atoms with Crippen LogP contribution in [0.4, 0.5) is 13.2 Å². The van der Waals surface area contributed by atoms with Gasteiger partial charge in [-0.05, 0) is 57.7 Å². The van der Waals surface area contributed by atoms with Crippen molar-refractivity contribution in [2.75, 3.05) is 0 Å². The van der Waals surface area contributed by atoms with Crippen molar-refractivity contribution >= 4 is 5.91 Å². The van der Waals surface area contributed by atoms with Gasteiger partial charge in [-0.2, -0.15) is 13.2 Å². The number of hydrogen-bond donors (Lipinski definition) is 1. The molecule has 0 radical (unpaired) electrons. The van der Waals surface area contributed by atoms with Crippen LogP contribution in [-0.4, -0.2) is 23.0 Å². The fourth-order valence-corrected chi connectivity index (χ4v) is 3.49. The zero-order chi connectivity index (χ0) is 20.3. The Morgan fingerprint density at radius 3 is 2.25 bits per heavy atom. The highest BCUT2D eigenvalue weighted by molar-refractivity contribution is 5.94. The van der Waals surface area contributed by atoms with E-state index in [4.69, 9.17) is 4.74 Å². The van der Waals surface area contributed by atoms with Crippen LogP contribution in [0.3, 0.4) is 0 Å². The molecule has 0 unspecified atom stereocenters. The number of rotatable bonds is 4. The molecule has 1 aromatic heterocycles. The van der Waals surface area contributed by atoms with Gasteiger partial charge < -0.3 is 10.1 Å². The van der Waals surface area contributed by atoms with Gasteiger partial charge in [-0.1, -0.05) is 17.2 Å². The number of amides is 1. The zero-order valence-electron chi connectivity index (χ0n) is 15.8. The molecule has 7 heteroatoms. The molecule has 0 aliphatic heterocycles. The van der Waals surface area contributed by atoms with Crippen LogP contribution in [0.1, 0.15) is 52.7 Å². The number of benzene rings is 1. The molecule has 3 rings (SSSR count). The number of halogens is 3. The largest absolute Gasteiger partial charge is 0.474 e. The Balaban J connectivity index is 1.50. The Hall–Kier alpha value is -2.57. The lowest BCUT2D eigenvalue weighted by molar-refractivity contribution is -0.137. The minimum atomic E-state index is -4.41. The van der Waals surface area contributed by atoms with Gasteiger partial charge >= 0.3 is 6.18 Å². The summed E-state index contributed by atoms with van der Waals surface area (Å²) >= 11 is 0. The Bertz CT molecular complexity index is 806. The molecular formula is C21H23F3N2O2. The highest BCUT2D eigenvalue weighted by Gasteiger charge is 2.31. The van der Waals surface area contributed by atoms with Crippen molar-refractivity contribution in [2.45, 2.75) is 57.9 Å². The molecule has 1 fully saturated rings. The van der Waals surface area contributed by atoms with E-state index in [9.17, 15) is 18.0 Å². The normalized spacial score (nSPS) is 19.9.